The van der Waals surface area contributed by atoms with Gasteiger partial charge in [-0.25, -0.2) is 4.79 Å². The van der Waals surface area contributed by atoms with Crippen LogP contribution >= 0.6 is 0 Å². The van der Waals surface area contributed by atoms with Gasteiger partial charge in [-0.15, -0.1) is 13.2 Å². The minimum Gasteiger partial charge on any atom is -0.406 e. The molecule has 0 radical (unpaired) electrons. The van der Waals surface area contributed by atoms with Crippen molar-refractivity contribution in [3.63, 3.8) is 0 Å². The summed E-state index contributed by atoms with van der Waals surface area (Å²) in [5, 5.41) is 2.90. The van der Waals surface area contributed by atoms with Crippen LogP contribution in [0.5, 0.6) is 5.75 Å². The van der Waals surface area contributed by atoms with Crippen molar-refractivity contribution >= 4 is 11.7 Å². The number of urea groups is 1. The lowest BCUT2D eigenvalue weighted by atomic mass is 10.1. The average Bonchev–Trinajstić information content (AvgIpc) is 3.15. The van der Waals surface area contributed by atoms with E-state index in [-0.39, 0.29) is 17.8 Å². The second kappa shape index (κ2) is 8.33. The maximum Gasteiger partial charge on any atom is 0.573 e. The van der Waals surface area contributed by atoms with Crippen LogP contribution in [0, 0.1) is 0 Å². The topological polar surface area (TPSA) is 41.6 Å². The molecule has 0 bridgehead atoms. The van der Waals surface area contributed by atoms with E-state index < -0.39 is 6.36 Å². The number of benzene rings is 2. The number of hydrogen-bond donors (Lipinski definition) is 1. The molecule has 2 aromatic rings. The second-order valence-corrected chi connectivity index (χ2v) is 6.55. The van der Waals surface area contributed by atoms with Crippen molar-refractivity contribution in [2.75, 3.05) is 5.32 Å². The highest BCUT2D eigenvalue weighted by molar-refractivity contribution is 5.89. The molecule has 0 aromatic heterocycles. The van der Waals surface area contributed by atoms with Crippen molar-refractivity contribution in [3.8, 4) is 5.75 Å². The maximum atomic E-state index is 12.8. The summed E-state index contributed by atoms with van der Waals surface area (Å²) in [4.78, 5) is 14.6. The maximum absolute atomic E-state index is 12.8. The summed E-state index contributed by atoms with van der Waals surface area (Å²) in [7, 11) is 0. The highest BCUT2D eigenvalue weighted by Crippen LogP contribution is 2.27. The quantitative estimate of drug-likeness (QED) is 0.740. The van der Waals surface area contributed by atoms with Crippen LogP contribution in [0.25, 0.3) is 0 Å². The zero-order chi connectivity index (χ0) is 19.3. The van der Waals surface area contributed by atoms with Crippen LogP contribution in [0.1, 0.15) is 31.2 Å². The van der Waals surface area contributed by atoms with Crippen molar-refractivity contribution < 1.29 is 22.7 Å². The largest absolute Gasteiger partial charge is 0.573 e. The molecule has 2 aromatic carbocycles. The average molecular weight is 378 g/mol. The zero-order valence-electron chi connectivity index (χ0n) is 14.7. The fraction of sp³-hybridized carbons (Fsp3) is 0.350. The van der Waals surface area contributed by atoms with Gasteiger partial charge in [-0.1, -0.05) is 43.2 Å². The third kappa shape index (κ3) is 5.64. The molecule has 1 saturated carbocycles. The number of carbonyl (C=O) groups is 1. The van der Waals surface area contributed by atoms with Gasteiger partial charge in [-0.05, 0) is 42.7 Å². The minimum atomic E-state index is -4.72. The molecule has 1 fully saturated rings. The summed E-state index contributed by atoms with van der Waals surface area (Å²) in [5.74, 6) is -0.271. The number of carbonyl (C=O) groups excluding carboxylic acids is 1. The van der Waals surface area contributed by atoms with Crippen LogP contribution in [-0.4, -0.2) is 23.3 Å². The number of rotatable bonds is 5. The van der Waals surface area contributed by atoms with Gasteiger partial charge in [0.2, 0.25) is 0 Å². The number of hydrogen-bond acceptors (Lipinski definition) is 2. The lowest BCUT2D eigenvalue weighted by molar-refractivity contribution is -0.274. The molecule has 3 rings (SSSR count). The Balaban J connectivity index is 1.70. The van der Waals surface area contributed by atoms with Gasteiger partial charge in [0.05, 0.1) is 0 Å². The Kier molecular flexibility index (Phi) is 5.88. The highest BCUT2D eigenvalue weighted by atomic mass is 19.4. The first-order valence-corrected chi connectivity index (χ1v) is 8.88. The van der Waals surface area contributed by atoms with Gasteiger partial charge >= 0.3 is 12.4 Å². The number of alkyl halides is 3. The van der Waals surface area contributed by atoms with Crippen LogP contribution in [0.2, 0.25) is 0 Å². The van der Waals surface area contributed by atoms with Gasteiger partial charge in [-0.2, -0.15) is 0 Å². The predicted octanol–water partition coefficient (Wildman–Crippen LogP) is 5.56. The van der Waals surface area contributed by atoms with E-state index >= 15 is 0 Å². The predicted molar refractivity (Wildman–Crippen MR) is 96.4 cm³/mol. The van der Waals surface area contributed by atoms with Gasteiger partial charge < -0.3 is 15.0 Å². The molecule has 1 aliphatic carbocycles. The molecule has 2 amide bonds. The van der Waals surface area contributed by atoms with Crippen molar-refractivity contribution in [1.29, 1.82) is 0 Å². The monoisotopic (exact) mass is 378 g/mol. The molecule has 1 aliphatic rings. The molecule has 1 N–H and O–H groups in total. The van der Waals surface area contributed by atoms with Crippen molar-refractivity contribution in [1.82, 2.24) is 4.90 Å². The minimum absolute atomic E-state index is 0.125. The van der Waals surface area contributed by atoms with E-state index in [1.807, 2.05) is 30.3 Å². The normalized spacial score (nSPS) is 14.8. The van der Waals surface area contributed by atoms with Gasteiger partial charge in [0, 0.05) is 18.3 Å². The summed E-state index contributed by atoms with van der Waals surface area (Å²) in [6, 6.07) is 14.7. The molecule has 0 spiro atoms. The number of ether oxygens (including phenoxy) is 1. The molecule has 0 saturated heterocycles. The Labute approximate surface area is 155 Å². The molecule has 144 valence electrons. The fourth-order valence-corrected chi connectivity index (χ4v) is 3.29. The summed E-state index contributed by atoms with van der Waals surface area (Å²) < 4.78 is 40.8. The van der Waals surface area contributed by atoms with Gasteiger partial charge in [0.1, 0.15) is 5.75 Å². The van der Waals surface area contributed by atoms with Gasteiger partial charge in [0.15, 0.2) is 0 Å². The molecule has 0 atom stereocenters. The number of amides is 2. The number of anilines is 1. The number of nitrogens with one attached hydrogen (secondary N) is 1. The first-order valence-electron chi connectivity index (χ1n) is 8.88. The Bertz CT molecular complexity index is 742. The van der Waals surface area contributed by atoms with E-state index in [9.17, 15) is 18.0 Å². The summed E-state index contributed by atoms with van der Waals surface area (Å²) in [6.45, 7) is 0.329. The smallest absolute Gasteiger partial charge is 0.406 e. The van der Waals surface area contributed by atoms with E-state index in [4.69, 9.17) is 0 Å². The summed E-state index contributed by atoms with van der Waals surface area (Å²) in [5.41, 5.74) is 1.46. The van der Waals surface area contributed by atoms with Crippen molar-refractivity contribution in [2.45, 2.75) is 44.6 Å². The molecule has 0 aliphatic heterocycles. The highest BCUT2D eigenvalue weighted by Gasteiger charge is 2.31. The Hall–Kier alpha value is -2.70. The second-order valence-electron chi connectivity index (χ2n) is 6.55. The van der Waals surface area contributed by atoms with Gasteiger partial charge in [-0.3, -0.25) is 0 Å². The SMILES string of the molecule is O=C(Nc1ccccc1)N(Cc1ccc(OC(F)(F)F)cc1)C1CCCC1. The van der Waals surface area contributed by atoms with Crippen LogP contribution in [-0.2, 0) is 6.54 Å². The van der Waals surface area contributed by atoms with E-state index in [0.29, 0.717) is 12.2 Å². The molecule has 4 nitrogen and oxygen atoms in total. The number of halogens is 3. The lowest BCUT2D eigenvalue weighted by Gasteiger charge is -2.29. The molecule has 7 heteroatoms. The summed E-state index contributed by atoms with van der Waals surface area (Å²) in [6.07, 6.45) is -0.724. The van der Waals surface area contributed by atoms with E-state index in [1.54, 1.807) is 17.0 Å². The van der Waals surface area contributed by atoms with Crippen molar-refractivity contribution in [3.05, 3.63) is 60.2 Å². The van der Waals surface area contributed by atoms with Gasteiger partial charge in [0.25, 0.3) is 0 Å². The first-order chi connectivity index (χ1) is 12.9. The Morgan fingerprint density at radius 1 is 1.04 bits per heavy atom. The standard InChI is InChI=1S/C20H21F3N2O2/c21-20(22,23)27-18-12-10-15(11-13-18)14-25(17-8-4-5-9-17)19(26)24-16-6-2-1-3-7-16/h1-3,6-7,10-13,17H,4-5,8-9,14H2,(H,24,26). The lowest BCUT2D eigenvalue weighted by Crippen LogP contribution is -2.41. The van der Waals surface area contributed by atoms with Crippen LogP contribution in [0.3, 0.4) is 0 Å². The summed E-state index contributed by atoms with van der Waals surface area (Å²) >= 11 is 0. The first kappa shape index (κ1) is 19.1. The molecular formula is C20H21F3N2O2. The molecule has 0 unspecified atom stereocenters. The van der Waals surface area contributed by atoms with E-state index in [2.05, 4.69) is 10.1 Å². The molecule has 27 heavy (non-hydrogen) atoms. The third-order valence-corrected chi connectivity index (χ3v) is 4.56. The fourth-order valence-electron chi connectivity index (χ4n) is 3.29. The third-order valence-electron chi connectivity index (χ3n) is 4.56. The zero-order valence-corrected chi connectivity index (χ0v) is 14.7. The van der Waals surface area contributed by atoms with Crippen LogP contribution in [0.4, 0.5) is 23.7 Å². The number of nitrogens with zero attached hydrogens (tertiary/aromatic N) is 1. The molecular weight excluding hydrogens is 357 g/mol. The van der Waals surface area contributed by atoms with E-state index in [1.165, 1.54) is 12.1 Å². The number of para-hydroxylation sites is 1. The van der Waals surface area contributed by atoms with E-state index in [0.717, 1.165) is 31.2 Å². The van der Waals surface area contributed by atoms with Crippen molar-refractivity contribution in [2.24, 2.45) is 0 Å². The van der Waals surface area contributed by atoms with Crippen LogP contribution in [0.15, 0.2) is 54.6 Å². The Morgan fingerprint density at radius 3 is 2.26 bits per heavy atom. The Morgan fingerprint density at radius 2 is 1.67 bits per heavy atom. The molecule has 0 heterocycles. The van der Waals surface area contributed by atoms with Crippen LogP contribution < -0.4 is 10.1 Å².